The Morgan fingerprint density at radius 3 is 2.50 bits per heavy atom. The van der Waals surface area contributed by atoms with Crippen LogP contribution in [-0.2, 0) is 37.4 Å². The molecule has 1 saturated heterocycles. The van der Waals surface area contributed by atoms with Crippen LogP contribution in [0.1, 0.15) is 62.5 Å². The first-order valence-electron chi connectivity index (χ1n) is 14.8. The van der Waals surface area contributed by atoms with Gasteiger partial charge in [-0.15, -0.1) is 0 Å². The first-order valence-corrected chi connectivity index (χ1v) is 16.3. The number of hydrogen-bond donors (Lipinski definition) is 3. The van der Waals surface area contributed by atoms with Crippen molar-refractivity contribution in [1.29, 1.82) is 0 Å². The Balaban J connectivity index is 1.18. The van der Waals surface area contributed by atoms with Gasteiger partial charge in [-0.05, 0) is 49.7 Å². The summed E-state index contributed by atoms with van der Waals surface area (Å²) in [5.41, 5.74) is 0.675. The molecule has 5 aliphatic rings. The topological polar surface area (TPSA) is 154 Å². The predicted octanol–water partition coefficient (Wildman–Crippen LogP) is 1.90. The van der Waals surface area contributed by atoms with Crippen LogP contribution in [0.5, 0.6) is 0 Å². The summed E-state index contributed by atoms with van der Waals surface area (Å²) in [7, 11) is -3.82. The minimum Gasteiger partial charge on any atom is -0.444 e. The Kier molecular flexibility index (Phi) is 7.62. The summed E-state index contributed by atoms with van der Waals surface area (Å²) in [5, 5.41) is 5.09. The van der Waals surface area contributed by atoms with E-state index in [-0.39, 0.29) is 25.3 Å². The van der Waals surface area contributed by atoms with Crippen LogP contribution in [0.25, 0.3) is 0 Å². The number of hydrogen-bond acceptors (Lipinski definition) is 7. The molecule has 4 atom stereocenters. The van der Waals surface area contributed by atoms with Crippen LogP contribution in [0.4, 0.5) is 9.59 Å². The zero-order valence-corrected chi connectivity index (χ0v) is 24.2. The van der Waals surface area contributed by atoms with Gasteiger partial charge < -0.3 is 20.3 Å². The molecule has 3 N–H and O–H groups in total. The van der Waals surface area contributed by atoms with E-state index < -0.39 is 56.9 Å². The zero-order valence-electron chi connectivity index (χ0n) is 23.4. The van der Waals surface area contributed by atoms with Gasteiger partial charge in [0.25, 0.3) is 5.91 Å². The SMILES string of the molecule is O=C1NC2(C(=O)NS(=O)(=O)C3CC3)CC2/C=C/CCCCCNC(=O)N2CC(OC(=O)N3Cc4ccccc4C3)CC12. The molecule has 1 aromatic rings. The number of nitrogens with zero attached hydrogens (tertiary/aromatic N) is 2. The number of carbonyl (C=O) groups excluding carboxylic acids is 4. The van der Waals surface area contributed by atoms with Gasteiger partial charge >= 0.3 is 12.1 Å². The molecular formula is C29H37N5O7S. The van der Waals surface area contributed by atoms with E-state index >= 15 is 0 Å². The van der Waals surface area contributed by atoms with Crippen LogP contribution in [0.3, 0.4) is 0 Å². The maximum Gasteiger partial charge on any atom is 0.410 e. The van der Waals surface area contributed by atoms with Crippen molar-refractivity contribution in [1.82, 2.24) is 25.2 Å². The van der Waals surface area contributed by atoms with E-state index in [2.05, 4.69) is 15.4 Å². The van der Waals surface area contributed by atoms with Gasteiger partial charge in [-0.25, -0.2) is 18.0 Å². The van der Waals surface area contributed by atoms with Crippen LogP contribution < -0.4 is 15.4 Å². The lowest BCUT2D eigenvalue weighted by molar-refractivity contribution is -0.131. The lowest BCUT2D eigenvalue weighted by Gasteiger charge is -2.26. The van der Waals surface area contributed by atoms with Gasteiger partial charge in [0.15, 0.2) is 0 Å². The number of allylic oxidation sites excluding steroid dienone is 1. The van der Waals surface area contributed by atoms with Gasteiger partial charge in [0, 0.05) is 32.0 Å². The second-order valence-corrected chi connectivity index (χ2v) is 14.0. The number of benzene rings is 1. The van der Waals surface area contributed by atoms with Gasteiger partial charge in [0.1, 0.15) is 17.7 Å². The van der Waals surface area contributed by atoms with Crippen LogP contribution in [0.2, 0.25) is 0 Å². The number of carbonyl (C=O) groups is 4. The van der Waals surface area contributed by atoms with Gasteiger partial charge in [-0.2, -0.15) is 0 Å². The lowest BCUT2D eigenvalue weighted by atomic mass is 10.1. The van der Waals surface area contributed by atoms with Gasteiger partial charge in [0.2, 0.25) is 15.9 Å². The lowest BCUT2D eigenvalue weighted by Crippen LogP contribution is -2.57. The van der Waals surface area contributed by atoms with Crippen molar-refractivity contribution in [3.8, 4) is 0 Å². The molecule has 3 fully saturated rings. The molecule has 4 unspecified atom stereocenters. The number of sulfonamides is 1. The summed E-state index contributed by atoms with van der Waals surface area (Å²) in [6.07, 6.45) is 7.24. The first-order chi connectivity index (χ1) is 20.2. The number of ether oxygens (including phenoxy) is 1. The third kappa shape index (κ3) is 5.83. The fourth-order valence-corrected chi connectivity index (χ4v) is 7.49. The van der Waals surface area contributed by atoms with Crippen molar-refractivity contribution in [3.63, 3.8) is 0 Å². The second-order valence-electron chi connectivity index (χ2n) is 12.0. The van der Waals surface area contributed by atoms with Gasteiger partial charge in [-0.3, -0.25) is 19.2 Å². The third-order valence-corrected chi connectivity index (χ3v) is 10.7. The Hall–Kier alpha value is -3.61. The van der Waals surface area contributed by atoms with Crippen LogP contribution >= 0.6 is 0 Å². The van der Waals surface area contributed by atoms with E-state index in [1.54, 1.807) is 4.90 Å². The molecule has 3 heterocycles. The average Bonchev–Trinajstić information content (AvgIpc) is 3.84. The van der Waals surface area contributed by atoms with E-state index in [1.165, 1.54) is 4.90 Å². The summed E-state index contributed by atoms with van der Waals surface area (Å²) in [6, 6.07) is 6.32. The molecular weight excluding hydrogens is 562 g/mol. The van der Waals surface area contributed by atoms with E-state index in [0.29, 0.717) is 32.5 Å². The number of rotatable bonds is 4. The van der Waals surface area contributed by atoms with Gasteiger partial charge in [-0.1, -0.05) is 42.8 Å². The molecule has 13 heteroatoms. The Morgan fingerprint density at radius 2 is 1.79 bits per heavy atom. The smallest absolute Gasteiger partial charge is 0.410 e. The fourth-order valence-electron chi connectivity index (χ4n) is 6.12. The minimum absolute atomic E-state index is 0.0229. The molecule has 1 aromatic carbocycles. The molecule has 2 aliphatic carbocycles. The maximum atomic E-state index is 13.7. The molecule has 226 valence electrons. The fraction of sp³-hybridized carbons (Fsp3) is 0.586. The zero-order chi connectivity index (χ0) is 29.5. The molecule has 0 spiro atoms. The molecule has 3 aliphatic heterocycles. The summed E-state index contributed by atoms with van der Waals surface area (Å²) in [4.78, 5) is 56.3. The molecule has 0 bridgehead atoms. The highest BCUT2D eigenvalue weighted by molar-refractivity contribution is 7.91. The molecule has 0 radical (unpaired) electrons. The maximum absolute atomic E-state index is 13.7. The van der Waals surface area contributed by atoms with E-state index in [9.17, 15) is 27.6 Å². The molecule has 0 aromatic heterocycles. The van der Waals surface area contributed by atoms with Crippen molar-refractivity contribution in [2.75, 3.05) is 13.1 Å². The number of nitrogens with one attached hydrogen (secondary N) is 3. The van der Waals surface area contributed by atoms with Crippen molar-refractivity contribution in [3.05, 3.63) is 47.5 Å². The Morgan fingerprint density at radius 1 is 1.05 bits per heavy atom. The summed E-state index contributed by atoms with van der Waals surface area (Å²) >= 11 is 0. The largest absolute Gasteiger partial charge is 0.444 e. The second kappa shape index (κ2) is 11.2. The monoisotopic (exact) mass is 599 g/mol. The average molecular weight is 600 g/mol. The van der Waals surface area contributed by atoms with Gasteiger partial charge in [0.05, 0.1) is 11.8 Å². The molecule has 12 nitrogen and oxygen atoms in total. The molecule has 6 rings (SSSR count). The van der Waals surface area contributed by atoms with Crippen molar-refractivity contribution < 1.29 is 32.3 Å². The van der Waals surface area contributed by atoms with Crippen LogP contribution in [0, 0.1) is 5.92 Å². The van der Waals surface area contributed by atoms with Crippen molar-refractivity contribution >= 4 is 34.0 Å². The predicted molar refractivity (Wildman–Crippen MR) is 151 cm³/mol. The Labute approximate surface area is 245 Å². The third-order valence-electron chi connectivity index (χ3n) is 8.85. The van der Waals surface area contributed by atoms with E-state index in [1.807, 2.05) is 36.4 Å². The highest BCUT2D eigenvalue weighted by Gasteiger charge is 2.62. The molecule has 2 saturated carbocycles. The first kappa shape index (κ1) is 28.5. The van der Waals surface area contributed by atoms with E-state index in [0.717, 1.165) is 36.8 Å². The minimum atomic E-state index is -3.82. The highest BCUT2D eigenvalue weighted by Crippen LogP contribution is 2.46. The number of fused-ring (bicyclic) bond motifs is 3. The highest BCUT2D eigenvalue weighted by atomic mass is 32.2. The van der Waals surface area contributed by atoms with Crippen LogP contribution in [0.15, 0.2) is 36.4 Å². The number of amides is 5. The standard InChI is InChI=1S/C29H37N5O7S/c35-25-24-14-22(41-28(38)33-16-19-8-5-6-9-20(19)17-33)18-34(24)27(37)30-13-7-3-1-2-4-10-21-15-29(21,31-25)26(36)32-42(39,40)23-11-12-23/h4-6,8-10,21-24H,1-3,7,11-18H2,(H,30,37)(H,31,35)(H,32,36)/b10-4+. The molecule has 42 heavy (non-hydrogen) atoms. The van der Waals surface area contributed by atoms with Crippen molar-refractivity contribution in [2.24, 2.45) is 5.92 Å². The van der Waals surface area contributed by atoms with Crippen molar-refractivity contribution in [2.45, 2.75) is 87.4 Å². The molecule has 5 amide bonds. The summed E-state index contributed by atoms with van der Waals surface area (Å²) in [5.74, 6) is -1.70. The quantitative estimate of drug-likeness (QED) is 0.447. The summed E-state index contributed by atoms with van der Waals surface area (Å²) in [6.45, 7) is 1.31. The van der Waals surface area contributed by atoms with Crippen LogP contribution in [-0.4, -0.2) is 78.2 Å². The number of urea groups is 1. The normalized spacial score (nSPS) is 30.4. The summed E-state index contributed by atoms with van der Waals surface area (Å²) < 4.78 is 33.1. The Bertz CT molecular complexity index is 1390. The van der Waals surface area contributed by atoms with E-state index in [4.69, 9.17) is 4.74 Å².